The van der Waals surface area contributed by atoms with Gasteiger partial charge in [-0.05, 0) is 68.1 Å². The zero-order chi connectivity index (χ0) is 38.6. The molecule has 0 spiro atoms. The maximum atomic E-state index is 13.5. The van der Waals surface area contributed by atoms with Crippen molar-refractivity contribution in [3.05, 3.63) is 0 Å². The van der Waals surface area contributed by atoms with Gasteiger partial charge >= 0.3 is 11.9 Å². The number of aliphatic hydroxyl groups excluding tert-OH is 1. The number of carbonyl (C=O) groups is 6. The smallest absolute Gasteiger partial charge is 0.326 e. The van der Waals surface area contributed by atoms with E-state index < -0.39 is 72.3 Å². The predicted molar refractivity (Wildman–Crippen MR) is 193 cm³/mol. The van der Waals surface area contributed by atoms with Crippen molar-refractivity contribution in [2.45, 2.75) is 170 Å². The molecule has 13 heteroatoms. The lowest BCUT2D eigenvalue weighted by molar-refractivity contribution is -0.143. The molecule has 0 saturated heterocycles. The van der Waals surface area contributed by atoms with Crippen LogP contribution in [0.3, 0.4) is 0 Å². The Morgan fingerprint density at radius 3 is 1.46 bits per heavy atom. The number of carboxylic acid groups (broad SMARTS) is 2. The highest BCUT2D eigenvalue weighted by atomic mass is 16.4. The van der Waals surface area contributed by atoms with E-state index in [-0.39, 0.29) is 49.9 Å². The maximum Gasteiger partial charge on any atom is 0.326 e. The SMILES string of the molecule is CC[C@H](C)C[C@@H](C)CCCC[C@@H](O)CC(=O)N[C@@H](CC(C)C)C(=O)N[C@@H](CCC(=O)O)C(=O)N[C@@H](CC(C)C)C(=O)N[C@@H](CC(C)C)C(=O)O. The van der Waals surface area contributed by atoms with Crippen molar-refractivity contribution in [2.75, 3.05) is 0 Å². The zero-order valence-electron chi connectivity index (χ0n) is 32.0. The Morgan fingerprint density at radius 1 is 0.540 bits per heavy atom. The van der Waals surface area contributed by atoms with E-state index in [1.54, 1.807) is 0 Å². The summed E-state index contributed by atoms with van der Waals surface area (Å²) in [6.45, 7) is 17.7. The lowest BCUT2D eigenvalue weighted by Crippen LogP contribution is -2.58. The monoisotopic (exact) mass is 712 g/mol. The number of unbranched alkanes of at least 4 members (excludes halogenated alkanes) is 1. The van der Waals surface area contributed by atoms with Crippen molar-refractivity contribution in [3.8, 4) is 0 Å². The summed E-state index contributed by atoms with van der Waals surface area (Å²) in [5.74, 6) is -3.99. The summed E-state index contributed by atoms with van der Waals surface area (Å²) in [5, 5.41) is 39.8. The third kappa shape index (κ3) is 21.8. The highest BCUT2D eigenvalue weighted by Gasteiger charge is 2.32. The molecule has 7 N–H and O–H groups in total. The molecular formula is C37H68N4O9. The highest BCUT2D eigenvalue weighted by molar-refractivity contribution is 5.95. The van der Waals surface area contributed by atoms with Crippen molar-refractivity contribution in [2.24, 2.45) is 29.6 Å². The molecule has 7 atom stereocenters. The average molecular weight is 713 g/mol. The predicted octanol–water partition coefficient (Wildman–Crippen LogP) is 4.40. The van der Waals surface area contributed by atoms with Crippen molar-refractivity contribution >= 4 is 35.6 Å². The van der Waals surface area contributed by atoms with Crippen molar-refractivity contribution in [1.82, 2.24) is 21.3 Å². The molecule has 0 unspecified atom stereocenters. The quantitative estimate of drug-likeness (QED) is 0.0601. The third-order valence-corrected chi connectivity index (χ3v) is 8.71. The van der Waals surface area contributed by atoms with Crippen molar-refractivity contribution in [1.29, 1.82) is 0 Å². The molecule has 290 valence electrons. The van der Waals surface area contributed by atoms with Crippen LogP contribution in [-0.2, 0) is 28.8 Å². The van der Waals surface area contributed by atoms with Gasteiger partial charge < -0.3 is 36.6 Å². The first-order valence-electron chi connectivity index (χ1n) is 18.6. The van der Waals surface area contributed by atoms with Crippen LogP contribution in [0.5, 0.6) is 0 Å². The van der Waals surface area contributed by atoms with Gasteiger partial charge in [0.25, 0.3) is 0 Å². The minimum Gasteiger partial charge on any atom is -0.481 e. The van der Waals surface area contributed by atoms with E-state index in [9.17, 15) is 44.1 Å². The van der Waals surface area contributed by atoms with Crippen LogP contribution in [0.1, 0.15) is 139 Å². The molecule has 0 radical (unpaired) electrons. The third-order valence-electron chi connectivity index (χ3n) is 8.71. The van der Waals surface area contributed by atoms with E-state index >= 15 is 0 Å². The summed E-state index contributed by atoms with van der Waals surface area (Å²) in [5.41, 5.74) is 0. The second-order valence-electron chi connectivity index (χ2n) is 15.5. The first-order valence-corrected chi connectivity index (χ1v) is 18.6. The Morgan fingerprint density at radius 2 is 0.980 bits per heavy atom. The Labute approximate surface area is 299 Å². The van der Waals surface area contributed by atoms with E-state index in [2.05, 4.69) is 42.0 Å². The molecule has 50 heavy (non-hydrogen) atoms. The van der Waals surface area contributed by atoms with Gasteiger partial charge in [0.05, 0.1) is 12.5 Å². The second-order valence-corrected chi connectivity index (χ2v) is 15.5. The summed E-state index contributed by atoms with van der Waals surface area (Å²) in [7, 11) is 0. The fourth-order valence-corrected chi connectivity index (χ4v) is 5.87. The molecular weight excluding hydrogens is 644 g/mol. The molecule has 0 saturated carbocycles. The standard InChI is InChI=1S/C37H68N4O9/c1-10-25(8)20-26(9)13-11-12-14-27(42)21-32(43)38-29(17-22(2)3)35(47)39-28(15-16-33(44)45)34(46)40-30(18-23(4)5)36(48)41-31(37(49)50)19-24(6)7/h22-31,42H,10-21H2,1-9H3,(H,38,43)(H,39,47)(H,40,46)(H,41,48)(H,44,45)(H,49,50)/t25-,26-,27+,28-,29-,30-,31-/m0/s1. The number of hydrogen-bond donors (Lipinski definition) is 7. The maximum absolute atomic E-state index is 13.5. The first kappa shape index (κ1) is 46.8. The van der Waals surface area contributed by atoms with Crippen LogP contribution in [0, 0.1) is 29.6 Å². The lowest BCUT2D eigenvalue weighted by Gasteiger charge is -2.27. The largest absolute Gasteiger partial charge is 0.481 e. The molecule has 0 aliphatic rings. The van der Waals surface area contributed by atoms with Gasteiger partial charge in [-0.1, -0.05) is 88.0 Å². The van der Waals surface area contributed by atoms with Gasteiger partial charge in [-0.3, -0.25) is 24.0 Å². The Bertz CT molecular complexity index is 1070. The molecule has 0 aromatic carbocycles. The number of aliphatic carboxylic acids is 2. The minimum atomic E-state index is -1.35. The summed E-state index contributed by atoms with van der Waals surface area (Å²) < 4.78 is 0. The molecule has 0 fully saturated rings. The molecule has 4 amide bonds. The number of carbonyl (C=O) groups excluding carboxylic acids is 4. The number of rotatable bonds is 27. The molecule has 0 aliphatic heterocycles. The topological polar surface area (TPSA) is 211 Å². The normalized spacial score (nSPS) is 15.8. The summed E-state index contributed by atoms with van der Waals surface area (Å²) >= 11 is 0. The van der Waals surface area contributed by atoms with E-state index in [0.717, 1.165) is 25.7 Å². The molecule has 13 nitrogen and oxygen atoms in total. The molecule has 0 bridgehead atoms. The van der Waals surface area contributed by atoms with E-state index in [1.807, 2.05) is 41.5 Å². The fraction of sp³-hybridized carbons (Fsp3) is 0.838. The summed E-state index contributed by atoms with van der Waals surface area (Å²) in [4.78, 5) is 76.3. The molecule has 0 aliphatic carbocycles. The van der Waals surface area contributed by atoms with Crippen LogP contribution in [0.15, 0.2) is 0 Å². The van der Waals surface area contributed by atoms with Gasteiger partial charge in [0, 0.05) is 6.42 Å². The lowest BCUT2D eigenvalue weighted by atomic mass is 9.91. The average Bonchev–Trinajstić information content (AvgIpc) is 2.99. The Balaban J connectivity index is 5.63. The van der Waals surface area contributed by atoms with Crippen LogP contribution in [0.2, 0.25) is 0 Å². The van der Waals surface area contributed by atoms with Crippen molar-refractivity contribution in [3.63, 3.8) is 0 Å². The zero-order valence-corrected chi connectivity index (χ0v) is 32.0. The number of carboxylic acids is 2. The highest BCUT2D eigenvalue weighted by Crippen LogP contribution is 2.21. The minimum absolute atomic E-state index is 0.0224. The van der Waals surface area contributed by atoms with Crippen LogP contribution >= 0.6 is 0 Å². The number of hydrogen-bond acceptors (Lipinski definition) is 7. The fourth-order valence-electron chi connectivity index (χ4n) is 5.87. The van der Waals surface area contributed by atoms with Gasteiger partial charge in [-0.25, -0.2) is 4.79 Å². The number of nitrogens with one attached hydrogen (secondary N) is 4. The summed E-state index contributed by atoms with van der Waals surface area (Å²) in [6.07, 6.45) is 4.31. The van der Waals surface area contributed by atoms with Crippen LogP contribution < -0.4 is 21.3 Å². The van der Waals surface area contributed by atoms with Gasteiger partial charge in [-0.2, -0.15) is 0 Å². The van der Waals surface area contributed by atoms with Crippen LogP contribution in [0.25, 0.3) is 0 Å². The second kappa shape index (κ2) is 24.8. The van der Waals surface area contributed by atoms with Gasteiger partial charge in [0.2, 0.25) is 23.6 Å². The van der Waals surface area contributed by atoms with Crippen molar-refractivity contribution < 1.29 is 44.1 Å². The van der Waals surface area contributed by atoms with Crippen LogP contribution in [0.4, 0.5) is 0 Å². The summed E-state index contributed by atoms with van der Waals surface area (Å²) in [6, 6.07) is -4.72. The van der Waals surface area contributed by atoms with E-state index in [1.165, 1.54) is 6.42 Å². The van der Waals surface area contributed by atoms with E-state index in [4.69, 9.17) is 0 Å². The first-order chi connectivity index (χ1) is 23.2. The van der Waals surface area contributed by atoms with Crippen LogP contribution in [-0.4, -0.2) is 81.2 Å². The number of amides is 4. The Hall–Kier alpha value is -3.22. The number of aliphatic hydroxyl groups is 1. The van der Waals surface area contributed by atoms with E-state index in [0.29, 0.717) is 18.3 Å². The van der Waals surface area contributed by atoms with Gasteiger partial charge in [0.1, 0.15) is 24.2 Å². The molecule has 0 aromatic heterocycles. The molecule has 0 aromatic rings. The molecule has 0 rings (SSSR count). The van der Waals surface area contributed by atoms with Gasteiger partial charge in [0.15, 0.2) is 0 Å². The Kier molecular flexibility index (Phi) is 23.2. The van der Waals surface area contributed by atoms with Gasteiger partial charge in [-0.15, -0.1) is 0 Å². The molecule has 0 heterocycles.